The minimum atomic E-state index is -0.929. The van der Waals surface area contributed by atoms with Crippen LogP contribution in [0.3, 0.4) is 0 Å². The van der Waals surface area contributed by atoms with Crippen LogP contribution in [0.2, 0.25) is 0 Å². The van der Waals surface area contributed by atoms with Crippen LogP contribution in [0.4, 0.5) is 9.18 Å². The summed E-state index contributed by atoms with van der Waals surface area (Å²) >= 11 is 0. The smallest absolute Gasteiger partial charge is 0.405 e. The summed E-state index contributed by atoms with van der Waals surface area (Å²) in [6, 6.07) is 8.88. The Balaban J connectivity index is 2.06. The number of rotatable bonds is 6. The predicted octanol–water partition coefficient (Wildman–Crippen LogP) is 4.19. The SMILES string of the molecule is CCn1cc(-c2ccncc2)c(-c2cccc(CC(C)(C)OC(N)=O)c2F)n1. The molecule has 0 unspecified atom stereocenters. The Labute approximate surface area is 163 Å². The topological polar surface area (TPSA) is 83.0 Å². The van der Waals surface area contributed by atoms with Crippen molar-refractivity contribution in [3.05, 3.63) is 60.3 Å². The highest BCUT2D eigenvalue weighted by Gasteiger charge is 2.26. The predicted molar refractivity (Wildman–Crippen MR) is 105 cm³/mol. The lowest BCUT2D eigenvalue weighted by Crippen LogP contribution is -2.33. The molecule has 2 N–H and O–H groups in total. The van der Waals surface area contributed by atoms with Crippen LogP contribution in [0.15, 0.2) is 48.9 Å². The summed E-state index contributed by atoms with van der Waals surface area (Å²) in [6.07, 6.45) is 4.59. The van der Waals surface area contributed by atoms with Crippen molar-refractivity contribution in [1.82, 2.24) is 14.8 Å². The van der Waals surface area contributed by atoms with Crippen LogP contribution in [0.5, 0.6) is 0 Å². The largest absolute Gasteiger partial charge is 0.443 e. The molecule has 0 radical (unpaired) electrons. The molecule has 28 heavy (non-hydrogen) atoms. The number of carbonyl (C=O) groups is 1. The highest BCUT2D eigenvalue weighted by molar-refractivity contribution is 5.80. The zero-order valence-electron chi connectivity index (χ0n) is 16.1. The average molecular weight is 382 g/mol. The van der Waals surface area contributed by atoms with Gasteiger partial charge < -0.3 is 10.5 Å². The molecule has 2 aromatic heterocycles. The van der Waals surface area contributed by atoms with Crippen LogP contribution in [0.25, 0.3) is 22.4 Å². The first-order valence-corrected chi connectivity index (χ1v) is 9.05. The first-order valence-electron chi connectivity index (χ1n) is 9.05. The average Bonchev–Trinajstić information content (AvgIpc) is 3.07. The lowest BCUT2D eigenvalue weighted by atomic mass is 9.94. The molecule has 0 aliphatic heterocycles. The number of primary amides is 1. The summed E-state index contributed by atoms with van der Waals surface area (Å²) in [7, 11) is 0. The van der Waals surface area contributed by atoms with Crippen LogP contribution in [0.1, 0.15) is 26.3 Å². The van der Waals surface area contributed by atoms with Crippen molar-refractivity contribution < 1.29 is 13.9 Å². The Hall–Kier alpha value is -3.22. The maximum absolute atomic E-state index is 15.4. The van der Waals surface area contributed by atoms with E-state index in [4.69, 9.17) is 10.5 Å². The van der Waals surface area contributed by atoms with Crippen LogP contribution in [-0.2, 0) is 17.7 Å². The van der Waals surface area contributed by atoms with E-state index in [9.17, 15) is 4.79 Å². The van der Waals surface area contributed by atoms with Gasteiger partial charge in [0.2, 0.25) is 0 Å². The molecular weight excluding hydrogens is 359 g/mol. The Morgan fingerprint density at radius 3 is 2.57 bits per heavy atom. The Kier molecular flexibility index (Phi) is 5.44. The van der Waals surface area contributed by atoms with Crippen molar-refractivity contribution >= 4 is 6.09 Å². The Morgan fingerprint density at radius 2 is 1.93 bits per heavy atom. The molecule has 146 valence electrons. The van der Waals surface area contributed by atoms with Gasteiger partial charge in [-0.25, -0.2) is 9.18 Å². The van der Waals surface area contributed by atoms with Crippen LogP contribution >= 0.6 is 0 Å². The molecule has 0 aliphatic rings. The van der Waals surface area contributed by atoms with E-state index in [-0.39, 0.29) is 12.2 Å². The fraction of sp³-hybridized carbons (Fsp3) is 0.286. The minimum absolute atomic E-state index is 0.189. The van der Waals surface area contributed by atoms with Gasteiger partial charge >= 0.3 is 6.09 Å². The number of nitrogens with zero attached hydrogens (tertiary/aromatic N) is 3. The molecule has 0 atom stereocenters. The summed E-state index contributed by atoms with van der Waals surface area (Å²) in [4.78, 5) is 15.1. The first kappa shape index (κ1) is 19.5. The minimum Gasteiger partial charge on any atom is -0.443 e. The zero-order valence-corrected chi connectivity index (χ0v) is 16.1. The van der Waals surface area contributed by atoms with Crippen molar-refractivity contribution in [3.8, 4) is 22.4 Å². The lowest BCUT2D eigenvalue weighted by Gasteiger charge is -2.24. The molecular formula is C21H23FN4O2. The number of pyridine rings is 1. The Morgan fingerprint density at radius 1 is 1.21 bits per heavy atom. The summed E-state index contributed by atoms with van der Waals surface area (Å²) in [5.74, 6) is -0.389. The number of hydrogen-bond donors (Lipinski definition) is 1. The maximum Gasteiger partial charge on any atom is 0.405 e. The molecule has 0 saturated carbocycles. The maximum atomic E-state index is 15.4. The molecule has 3 rings (SSSR count). The van der Waals surface area contributed by atoms with Gasteiger partial charge in [0.15, 0.2) is 0 Å². The van der Waals surface area contributed by atoms with Gasteiger partial charge in [0, 0.05) is 42.7 Å². The number of benzene rings is 1. The van der Waals surface area contributed by atoms with E-state index in [1.165, 1.54) is 0 Å². The van der Waals surface area contributed by atoms with E-state index in [1.807, 2.05) is 25.3 Å². The zero-order chi connectivity index (χ0) is 20.3. The molecule has 0 aliphatic carbocycles. The number of ether oxygens (including phenoxy) is 1. The lowest BCUT2D eigenvalue weighted by molar-refractivity contribution is 0.0454. The number of hydrogen-bond acceptors (Lipinski definition) is 4. The summed E-state index contributed by atoms with van der Waals surface area (Å²) in [6.45, 7) is 6.03. The second-order valence-corrected chi connectivity index (χ2v) is 7.12. The van der Waals surface area contributed by atoms with Crippen molar-refractivity contribution in [1.29, 1.82) is 0 Å². The Bertz CT molecular complexity index is 983. The monoisotopic (exact) mass is 382 g/mol. The summed E-state index contributed by atoms with van der Waals surface area (Å²) in [5, 5.41) is 4.57. The van der Waals surface area contributed by atoms with Crippen molar-refractivity contribution in [2.75, 3.05) is 0 Å². The molecule has 1 amide bonds. The number of aryl methyl sites for hydroxylation is 1. The van der Waals surface area contributed by atoms with Gasteiger partial charge in [0.1, 0.15) is 17.1 Å². The van der Waals surface area contributed by atoms with Gasteiger partial charge in [-0.2, -0.15) is 5.10 Å². The van der Waals surface area contributed by atoms with Gasteiger partial charge in [-0.05, 0) is 50.1 Å². The summed E-state index contributed by atoms with van der Waals surface area (Å²) in [5.41, 5.74) is 7.31. The van der Waals surface area contributed by atoms with E-state index < -0.39 is 11.7 Å². The van der Waals surface area contributed by atoms with Gasteiger partial charge in [-0.15, -0.1) is 0 Å². The van der Waals surface area contributed by atoms with Crippen molar-refractivity contribution in [3.63, 3.8) is 0 Å². The molecule has 2 heterocycles. The molecule has 0 saturated heterocycles. The molecule has 0 spiro atoms. The molecule has 7 heteroatoms. The van der Waals surface area contributed by atoms with Crippen LogP contribution in [-0.4, -0.2) is 26.5 Å². The number of carbonyl (C=O) groups excluding carboxylic acids is 1. The molecule has 3 aromatic rings. The number of halogens is 1. The summed E-state index contributed by atoms with van der Waals surface area (Å²) < 4.78 is 22.3. The fourth-order valence-electron chi connectivity index (χ4n) is 3.19. The van der Waals surface area contributed by atoms with Gasteiger partial charge in [0.25, 0.3) is 0 Å². The number of nitrogens with two attached hydrogens (primary N) is 1. The highest BCUT2D eigenvalue weighted by Crippen LogP contribution is 2.34. The number of aromatic nitrogens is 3. The molecule has 6 nitrogen and oxygen atoms in total. The molecule has 1 aromatic carbocycles. The third-order valence-corrected chi connectivity index (χ3v) is 4.40. The van der Waals surface area contributed by atoms with Crippen LogP contribution < -0.4 is 5.73 Å². The van der Waals surface area contributed by atoms with Crippen LogP contribution in [0, 0.1) is 5.82 Å². The van der Waals surface area contributed by atoms with Crippen molar-refractivity contribution in [2.45, 2.75) is 39.3 Å². The van der Waals surface area contributed by atoms with Gasteiger partial charge in [-0.1, -0.05) is 12.1 Å². The normalized spacial score (nSPS) is 11.4. The third-order valence-electron chi connectivity index (χ3n) is 4.40. The highest BCUT2D eigenvalue weighted by atomic mass is 19.1. The van der Waals surface area contributed by atoms with E-state index in [1.54, 1.807) is 49.1 Å². The second kappa shape index (κ2) is 7.80. The van der Waals surface area contributed by atoms with E-state index >= 15 is 4.39 Å². The van der Waals surface area contributed by atoms with E-state index in [0.29, 0.717) is 23.4 Å². The fourth-order valence-corrected chi connectivity index (χ4v) is 3.19. The van der Waals surface area contributed by atoms with Crippen molar-refractivity contribution in [2.24, 2.45) is 5.73 Å². The molecule has 0 fully saturated rings. The number of amides is 1. The third kappa shape index (κ3) is 4.19. The quantitative estimate of drug-likeness (QED) is 0.693. The molecule has 0 bridgehead atoms. The van der Waals surface area contributed by atoms with Gasteiger partial charge in [0.05, 0.1) is 0 Å². The van der Waals surface area contributed by atoms with E-state index in [2.05, 4.69) is 10.1 Å². The standard InChI is InChI=1S/C21H23FN4O2/c1-4-26-13-17(14-8-10-24-11-9-14)19(25-26)16-7-5-6-15(18(16)22)12-21(2,3)28-20(23)27/h5-11,13H,4,12H2,1-3H3,(H2,23,27). The van der Waals surface area contributed by atoms with E-state index in [0.717, 1.165) is 11.1 Å². The van der Waals surface area contributed by atoms with Gasteiger partial charge in [-0.3, -0.25) is 9.67 Å². The first-order chi connectivity index (χ1) is 13.3. The second-order valence-electron chi connectivity index (χ2n) is 7.12.